The Hall–Kier alpha value is -0.620. The van der Waals surface area contributed by atoms with Crippen LogP contribution in [-0.2, 0) is 9.84 Å². The van der Waals surface area contributed by atoms with Gasteiger partial charge < -0.3 is 10.8 Å². The number of hydrogen-bond donors (Lipinski definition) is 2. The third kappa shape index (κ3) is 2.05. The summed E-state index contributed by atoms with van der Waals surface area (Å²) >= 11 is 5.81. The molecule has 4 nitrogen and oxygen atoms in total. The van der Waals surface area contributed by atoms with Gasteiger partial charge in [-0.05, 0) is 17.7 Å². The Morgan fingerprint density at radius 3 is 2.28 bits per heavy atom. The molecule has 0 amide bonds. The molecule has 3 N–H and O–H groups in total. The second-order valence-corrected chi connectivity index (χ2v) is 7.48. The highest BCUT2D eigenvalue weighted by Gasteiger charge is 2.68. The van der Waals surface area contributed by atoms with Crippen molar-refractivity contribution in [2.24, 2.45) is 11.1 Å². The molecule has 0 unspecified atom stereocenters. The molecule has 1 aromatic rings. The normalized spacial score (nSPS) is 31.3. The van der Waals surface area contributed by atoms with Crippen molar-refractivity contribution < 1.29 is 13.5 Å². The van der Waals surface area contributed by atoms with Crippen LogP contribution in [0.25, 0.3) is 0 Å². The van der Waals surface area contributed by atoms with E-state index in [0.29, 0.717) is 5.02 Å². The Morgan fingerprint density at radius 1 is 1.39 bits per heavy atom. The molecule has 0 aromatic heterocycles. The van der Waals surface area contributed by atoms with Crippen LogP contribution in [0.4, 0.5) is 0 Å². The fourth-order valence-corrected chi connectivity index (χ4v) is 4.94. The zero-order valence-electron chi connectivity index (χ0n) is 10.0. The Kier molecular flexibility index (Phi) is 3.44. The van der Waals surface area contributed by atoms with Crippen molar-refractivity contribution in [3.05, 3.63) is 34.9 Å². The maximum Gasteiger partial charge on any atom is 0.151 e. The monoisotopic (exact) mass is 289 g/mol. The first-order valence-corrected chi connectivity index (χ1v) is 7.95. The second-order valence-electron chi connectivity index (χ2n) is 4.87. The molecular weight excluding hydrogens is 274 g/mol. The molecule has 1 fully saturated rings. The molecule has 0 spiro atoms. The second kappa shape index (κ2) is 4.49. The zero-order valence-corrected chi connectivity index (χ0v) is 11.6. The first-order chi connectivity index (χ1) is 8.36. The van der Waals surface area contributed by atoms with E-state index >= 15 is 0 Å². The Labute approximate surface area is 112 Å². The Balaban J connectivity index is 2.41. The number of benzene rings is 1. The lowest BCUT2D eigenvalue weighted by atomic mass is 10.0. The highest BCUT2D eigenvalue weighted by molar-refractivity contribution is 7.91. The Bertz CT molecular complexity index is 537. The van der Waals surface area contributed by atoms with Crippen LogP contribution < -0.4 is 5.73 Å². The van der Waals surface area contributed by atoms with Crippen molar-refractivity contribution in [1.29, 1.82) is 0 Å². The smallest absolute Gasteiger partial charge is 0.151 e. The van der Waals surface area contributed by atoms with Gasteiger partial charge in [-0.25, -0.2) is 8.42 Å². The van der Waals surface area contributed by atoms with Crippen LogP contribution in [-0.4, -0.2) is 38.2 Å². The average molecular weight is 290 g/mol. The predicted molar refractivity (Wildman–Crippen MR) is 71.4 cm³/mol. The van der Waals surface area contributed by atoms with Gasteiger partial charge in [-0.15, -0.1) is 0 Å². The van der Waals surface area contributed by atoms with Crippen molar-refractivity contribution in [1.82, 2.24) is 0 Å². The summed E-state index contributed by atoms with van der Waals surface area (Å²) in [5, 5.41) is 9.49. The first kappa shape index (κ1) is 13.8. The van der Waals surface area contributed by atoms with Crippen LogP contribution in [0.1, 0.15) is 11.5 Å². The standard InChI is InChI=1S/C12H16ClNO3S/c1-18(16,17)11-10(12(11,6-14)7-15)8-2-4-9(13)5-3-8/h2-5,10-11,15H,6-7,14H2,1H3/t10-,11+,12+/m0/s1. The number of aliphatic hydroxyl groups excluding tert-OH is 1. The quantitative estimate of drug-likeness (QED) is 0.859. The van der Waals surface area contributed by atoms with E-state index in [-0.39, 0.29) is 19.1 Å². The van der Waals surface area contributed by atoms with Gasteiger partial charge in [-0.3, -0.25) is 0 Å². The van der Waals surface area contributed by atoms with Gasteiger partial charge in [0.1, 0.15) is 0 Å². The molecule has 3 atom stereocenters. The van der Waals surface area contributed by atoms with Gasteiger partial charge in [0.25, 0.3) is 0 Å². The number of sulfone groups is 1. The van der Waals surface area contributed by atoms with Gasteiger partial charge >= 0.3 is 0 Å². The largest absolute Gasteiger partial charge is 0.396 e. The molecule has 2 rings (SSSR count). The van der Waals surface area contributed by atoms with Crippen LogP contribution in [0, 0.1) is 5.41 Å². The summed E-state index contributed by atoms with van der Waals surface area (Å²) in [7, 11) is -3.24. The van der Waals surface area contributed by atoms with Crippen LogP contribution in [0.2, 0.25) is 5.02 Å². The van der Waals surface area contributed by atoms with Crippen LogP contribution in [0.3, 0.4) is 0 Å². The summed E-state index contributed by atoms with van der Waals surface area (Å²) in [5.74, 6) is -0.250. The minimum atomic E-state index is -3.24. The van der Waals surface area contributed by atoms with Gasteiger partial charge in [0.15, 0.2) is 9.84 Å². The maximum absolute atomic E-state index is 11.8. The van der Waals surface area contributed by atoms with Crippen LogP contribution >= 0.6 is 11.6 Å². The molecule has 100 valence electrons. The minimum Gasteiger partial charge on any atom is -0.396 e. The molecule has 18 heavy (non-hydrogen) atoms. The van der Waals surface area contributed by atoms with E-state index in [1.165, 1.54) is 6.26 Å². The number of nitrogens with two attached hydrogens (primary N) is 1. The number of hydrogen-bond acceptors (Lipinski definition) is 4. The molecule has 1 aliphatic rings. The summed E-state index contributed by atoms with van der Waals surface area (Å²) in [5.41, 5.74) is 5.78. The number of aliphatic hydroxyl groups is 1. The zero-order chi connectivity index (χ0) is 13.6. The van der Waals surface area contributed by atoms with Crippen molar-refractivity contribution in [2.45, 2.75) is 11.2 Å². The summed E-state index contributed by atoms with van der Waals surface area (Å²) in [6.07, 6.45) is 1.19. The third-order valence-corrected chi connectivity index (χ3v) is 5.66. The fourth-order valence-electron chi connectivity index (χ4n) is 2.80. The minimum absolute atomic E-state index is 0.147. The summed E-state index contributed by atoms with van der Waals surface area (Å²) in [6.45, 7) is -0.0803. The number of halogens is 1. The summed E-state index contributed by atoms with van der Waals surface area (Å²) in [4.78, 5) is 0. The van der Waals surface area contributed by atoms with Crippen molar-refractivity contribution >= 4 is 21.4 Å². The van der Waals surface area contributed by atoms with E-state index in [4.69, 9.17) is 17.3 Å². The van der Waals surface area contributed by atoms with E-state index in [1.54, 1.807) is 24.3 Å². The highest BCUT2D eigenvalue weighted by atomic mass is 35.5. The van der Waals surface area contributed by atoms with Gasteiger partial charge in [-0.2, -0.15) is 0 Å². The van der Waals surface area contributed by atoms with Crippen LogP contribution in [0.15, 0.2) is 24.3 Å². The molecule has 1 aromatic carbocycles. The third-order valence-electron chi connectivity index (χ3n) is 3.74. The molecule has 0 heterocycles. The lowest BCUT2D eigenvalue weighted by Gasteiger charge is -2.11. The van der Waals surface area contributed by atoms with E-state index in [9.17, 15) is 13.5 Å². The Morgan fingerprint density at radius 2 is 1.94 bits per heavy atom. The molecule has 0 radical (unpaired) electrons. The molecular formula is C12H16ClNO3S. The van der Waals surface area contributed by atoms with Gasteiger partial charge in [0, 0.05) is 29.2 Å². The molecule has 6 heteroatoms. The first-order valence-electron chi connectivity index (χ1n) is 5.62. The summed E-state index contributed by atoms with van der Waals surface area (Å²) < 4.78 is 23.6. The van der Waals surface area contributed by atoms with E-state index in [0.717, 1.165) is 5.56 Å². The van der Waals surface area contributed by atoms with Gasteiger partial charge in [-0.1, -0.05) is 23.7 Å². The lowest BCUT2D eigenvalue weighted by molar-refractivity contribution is 0.212. The van der Waals surface area contributed by atoms with Crippen LogP contribution in [0.5, 0.6) is 0 Å². The molecule has 0 saturated heterocycles. The average Bonchev–Trinajstić information content (AvgIpc) is 3.00. The van der Waals surface area contributed by atoms with Crippen molar-refractivity contribution in [3.63, 3.8) is 0 Å². The number of rotatable bonds is 4. The van der Waals surface area contributed by atoms with Gasteiger partial charge in [0.2, 0.25) is 0 Å². The lowest BCUT2D eigenvalue weighted by Crippen LogP contribution is -2.27. The van der Waals surface area contributed by atoms with E-state index in [1.807, 2.05) is 0 Å². The predicted octanol–water partition coefficient (Wildman–Crippen LogP) is 0.788. The van der Waals surface area contributed by atoms with Gasteiger partial charge in [0.05, 0.1) is 11.9 Å². The molecule has 1 saturated carbocycles. The van der Waals surface area contributed by atoms with Crippen molar-refractivity contribution in [2.75, 3.05) is 19.4 Å². The summed E-state index contributed by atoms with van der Waals surface area (Å²) in [6, 6.07) is 7.01. The molecule has 0 bridgehead atoms. The van der Waals surface area contributed by atoms with E-state index in [2.05, 4.69) is 0 Å². The SMILES string of the molecule is CS(=O)(=O)[C@@H]1[C@H](c2ccc(Cl)cc2)[C@@]1(CN)CO. The topological polar surface area (TPSA) is 80.4 Å². The molecule has 0 aliphatic heterocycles. The van der Waals surface area contributed by atoms with E-state index < -0.39 is 20.5 Å². The maximum atomic E-state index is 11.8. The van der Waals surface area contributed by atoms with Crippen molar-refractivity contribution in [3.8, 4) is 0 Å². The molecule has 1 aliphatic carbocycles. The highest BCUT2D eigenvalue weighted by Crippen LogP contribution is 2.61. The fraction of sp³-hybridized carbons (Fsp3) is 0.500.